The van der Waals surface area contributed by atoms with E-state index in [2.05, 4.69) is 10.1 Å². The Bertz CT molecular complexity index is 346. The molecule has 0 saturated carbocycles. The lowest BCUT2D eigenvalue weighted by molar-refractivity contribution is -0.142. The fourth-order valence-electron chi connectivity index (χ4n) is 1.53. The first-order chi connectivity index (χ1) is 6.16. The van der Waals surface area contributed by atoms with E-state index in [-0.39, 0.29) is 11.9 Å². The summed E-state index contributed by atoms with van der Waals surface area (Å²) in [5.74, 6) is -0.121. The molecule has 0 saturated heterocycles. The Morgan fingerprint density at radius 3 is 3.15 bits per heavy atom. The van der Waals surface area contributed by atoms with E-state index in [0.717, 1.165) is 5.82 Å². The molecule has 13 heavy (non-hydrogen) atoms. The molecule has 1 aliphatic rings. The van der Waals surface area contributed by atoms with Crippen molar-refractivity contribution in [2.45, 2.75) is 19.4 Å². The summed E-state index contributed by atoms with van der Waals surface area (Å²) >= 11 is 0. The van der Waals surface area contributed by atoms with Gasteiger partial charge in [0.25, 0.3) is 0 Å². The van der Waals surface area contributed by atoms with Gasteiger partial charge in [0.05, 0.1) is 12.5 Å². The first kappa shape index (κ1) is 8.03. The summed E-state index contributed by atoms with van der Waals surface area (Å²) in [7, 11) is 0. The van der Waals surface area contributed by atoms with Crippen LogP contribution in [-0.2, 0) is 17.8 Å². The van der Waals surface area contributed by atoms with Gasteiger partial charge in [-0.15, -0.1) is 5.10 Å². The summed E-state index contributed by atoms with van der Waals surface area (Å²) in [6.45, 7) is 0.384. The number of aliphatic carboxylic acids is 1. The summed E-state index contributed by atoms with van der Waals surface area (Å²) in [5, 5.41) is 12.7. The minimum Gasteiger partial charge on any atom is -0.481 e. The lowest BCUT2D eigenvalue weighted by Crippen LogP contribution is -2.27. The molecule has 0 aromatic carbocycles. The molecule has 0 fully saturated rings. The SMILES string of the molecule is Nc1nc2n(n1)CC(C(=O)O)CC2. The number of nitrogens with two attached hydrogens (primary N) is 1. The number of carbonyl (C=O) groups is 1. The molecule has 0 aliphatic carbocycles. The maximum Gasteiger partial charge on any atom is 0.308 e. The second-order valence-corrected chi connectivity index (χ2v) is 3.14. The third-order valence-corrected chi connectivity index (χ3v) is 2.22. The molecule has 6 nitrogen and oxygen atoms in total. The second kappa shape index (κ2) is 2.72. The Morgan fingerprint density at radius 1 is 1.69 bits per heavy atom. The summed E-state index contributed by atoms with van der Waals surface area (Å²) in [6, 6.07) is 0. The lowest BCUT2D eigenvalue weighted by atomic mass is 10.0. The zero-order valence-corrected chi connectivity index (χ0v) is 6.97. The highest BCUT2D eigenvalue weighted by molar-refractivity contribution is 5.70. The molecule has 6 heteroatoms. The monoisotopic (exact) mass is 182 g/mol. The average Bonchev–Trinajstić information content (AvgIpc) is 2.42. The van der Waals surface area contributed by atoms with Crippen LogP contribution in [0.2, 0.25) is 0 Å². The molecule has 1 unspecified atom stereocenters. The molecule has 0 amide bonds. The van der Waals surface area contributed by atoms with E-state index >= 15 is 0 Å². The first-order valence-corrected chi connectivity index (χ1v) is 4.09. The molecule has 3 N–H and O–H groups in total. The Morgan fingerprint density at radius 2 is 2.46 bits per heavy atom. The van der Waals surface area contributed by atoms with Crippen LogP contribution < -0.4 is 5.73 Å². The number of rotatable bonds is 1. The van der Waals surface area contributed by atoms with Crippen molar-refractivity contribution in [1.82, 2.24) is 14.8 Å². The fourth-order valence-corrected chi connectivity index (χ4v) is 1.53. The van der Waals surface area contributed by atoms with Crippen LogP contribution in [0.5, 0.6) is 0 Å². The smallest absolute Gasteiger partial charge is 0.308 e. The van der Waals surface area contributed by atoms with E-state index in [1.54, 1.807) is 4.68 Å². The predicted molar refractivity (Wildman–Crippen MR) is 43.9 cm³/mol. The van der Waals surface area contributed by atoms with E-state index in [4.69, 9.17) is 10.8 Å². The number of nitrogen functional groups attached to an aromatic ring is 1. The van der Waals surface area contributed by atoms with Gasteiger partial charge in [0, 0.05) is 6.42 Å². The van der Waals surface area contributed by atoms with Crippen molar-refractivity contribution < 1.29 is 9.90 Å². The molecule has 0 radical (unpaired) electrons. The van der Waals surface area contributed by atoms with Crippen LogP contribution in [0.15, 0.2) is 0 Å². The number of hydrogen-bond acceptors (Lipinski definition) is 4. The number of aryl methyl sites for hydroxylation is 1. The molecule has 1 aromatic rings. The van der Waals surface area contributed by atoms with Gasteiger partial charge in [-0.3, -0.25) is 4.79 Å². The van der Waals surface area contributed by atoms with Crippen molar-refractivity contribution in [2.24, 2.45) is 5.92 Å². The molecule has 1 aromatic heterocycles. The topological polar surface area (TPSA) is 94.0 Å². The molecule has 0 bridgehead atoms. The Hall–Kier alpha value is -1.59. The van der Waals surface area contributed by atoms with E-state index < -0.39 is 5.97 Å². The summed E-state index contributed by atoms with van der Waals surface area (Å²) in [4.78, 5) is 14.7. The Kier molecular flexibility index (Phi) is 1.68. The zero-order valence-electron chi connectivity index (χ0n) is 6.97. The number of carboxylic acids is 1. The van der Waals surface area contributed by atoms with Crippen molar-refractivity contribution in [3.63, 3.8) is 0 Å². The van der Waals surface area contributed by atoms with Crippen LogP contribution in [0.1, 0.15) is 12.2 Å². The number of anilines is 1. The molecule has 1 aliphatic heterocycles. The van der Waals surface area contributed by atoms with Crippen molar-refractivity contribution >= 4 is 11.9 Å². The van der Waals surface area contributed by atoms with Gasteiger partial charge in [-0.05, 0) is 6.42 Å². The van der Waals surface area contributed by atoms with Crippen LogP contribution in [-0.4, -0.2) is 25.8 Å². The van der Waals surface area contributed by atoms with E-state index in [0.29, 0.717) is 19.4 Å². The first-order valence-electron chi connectivity index (χ1n) is 4.09. The maximum atomic E-state index is 10.7. The van der Waals surface area contributed by atoms with Gasteiger partial charge in [0.2, 0.25) is 5.95 Å². The van der Waals surface area contributed by atoms with Crippen LogP contribution in [0.3, 0.4) is 0 Å². The van der Waals surface area contributed by atoms with Gasteiger partial charge < -0.3 is 10.8 Å². The Balaban J connectivity index is 2.24. The van der Waals surface area contributed by atoms with E-state index in [1.807, 2.05) is 0 Å². The highest BCUT2D eigenvalue weighted by Crippen LogP contribution is 2.18. The van der Waals surface area contributed by atoms with Crippen molar-refractivity contribution in [1.29, 1.82) is 0 Å². The van der Waals surface area contributed by atoms with Gasteiger partial charge in [0.1, 0.15) is 5.82 Å². The van der Waals surface area contributed by atoms with Crippen LogP contribution in [0.4, 0.5) is 5.95 Å². The summed E-state index contributed by atoms with van der Waals surface area (Å²) in [6.07, 6.45) is 1.26. The average molecular weight is 182 g/mol. The second-order valence-electron chi connectivity index (χ2n) is 3.14. The van der Waals surface area contributed by atoms with Crippen LogP contribution >= 0.6 is 0 Å². The number of nitrogens with zero attached hydrogens (tertiary/aromatic N) is 3. The predicted octanol–water partition coefficient (Wildman–Crippen LogP) is -0.493. The standard InChI is InChI=1S/C7H10N4O2/c8-7-9-5-2-1-4(6(12)13)3-11(5)10-7/h4H,1-3H2,(H2,8,10)(H,12,13). The number of fused-ring (bicyclic) bond motifs is 1. The normalized spacial score (nSPS) is 21.1. The lowest BCUT2D eigenvalue weighted by Gasteiger charge is -2.18. The van der Waals surface area contributed by atoms with Crippen LogP contribution in [0, 0.1) is 5.92 Å². The molecule has 0 spiro atoms. The van der Waals surface area contributed by atoms with Crippen LogP contribution in [0.25, 0.3) is 0 Å². The number of aromatic nitrogens is 3. The summed E-state index contributed by atoms with van der Waals surface area (Å²) < 4.78 is 1.58. The van der Waals surface area contributed by atoms with Gasteiger partial charge >= 0.3 is 5.97 Å². The van der Waals surface area contributed by atoms with Crippen molar-refractivity contribution in [3.8, 4) is 0 Å². The third-order valence-electron chi connectivity index (χ3n) is 2.22. The van der Waals surface area contributed by atoms with Crippen molar-refractivity contribution in [2.75, 3.05) is 5.73 Å². The van der Waals surface area contributed by atoms with Crippen molar-refractivity contribution in [3.05, 3.63) is 5.82 Å². The highest BCUT2D eigenvalue weighted by atomic mass is 16.4. The summed E-state index contributed by atoms with van der Waals surface area (Å²) in [5.41, 5.74) is 5.39. The number of hydrogen-bond donors (Lipinski definition) is 2. The van der Waals surface area contributed by atoms with Gasteiger partial charge in [-0.1, -0.05) is 0 Å². The minimum atomic E-state index is -0.778. The maximum absolute atomic E-state index is 10.7. The number of carboxylic acid groups (broad SMARTS) is 1. The van der Waals surface area contributed by atoms with E-state index in [1.165, 1.54) is 0 Å². The minimum absolute atomic E-state index is 0.223. The highest BCUT2D eigenvalue weighted by Gasteiger charge is 2.25. The molecule has 70 valence electrons. The fraction of sp³-hybridized carbons (Fsp3) is 0.571. The Labute approximate surface area is 74.4 Å². The zero-order chi connectivity index (χ0) is 9.42. The molecular weight excluding hydrogens is 172 g/mol. The molecule has 2 heterocycles. The van der Waals surface area contributed by atoms with Gasteiger partial charge in [-0.25, -0.2) is 4.68 Å². The van der Waals surface area contributed by atoms with Gasteiger partial charge in [0.15, 0.2) is 0 Å². The van der Waals surface area contributed by atoms with E-state index in [9.17, 15) is 4.79 Å². The molecule has 2 rings (SSSR count). The molecule has 1 atom stereocenters. The quantitative estimate of drug-likeness (QED) is 0.611. The third kappa shape index (κ3) is 1.34. The molecular formula is C7H10N4O2. The largest absolute Gasteiger partial charge is 0.481 e. The van der Waals surface area contributed by atoms with Gasteiger partial charge in [-0.2, -0.15) is 4.98 Å².